The first-order chi connectivity index (χ1) is 14.4. The lowest BCUT2D eigenvalue weighted by molar-refractivity contribution is -0.124. The fraction of sp³-hybridized carbons (Fsp3) is 0.435. The van der Waals surface area contributed by atoms with Crippen molar-refractivity contribution in [2.45, 2.75) is 51.0 Å². The molecule has 0 saturated heterocycles. The van der Waals surface area contributed by atoms with E-state index >= 15 is 0 Å². The number of carbonyl (C=O) groups is 1. The Morgan fingerprint density at radius 1 is 1.17 bits per heavy atom. The first-order valence-electron chi connectivity index (χ1n) is 10.5. The van der Waals surface area contributed by atoms with Gasteiger partial charge in [0.2, 0.25) is 10.0 Å². The molecule has 0 heterocycles. The Hall–Kier alpha value is -2.38. The van der Waals surface area contributed by atoms with Crippen molar-refractivity contribution in [2.24, 2.45) is 0 Å². The number of ether oxygens (including phenoxy) is 1. The molecule has 1 aliphatic rings. The monoisotopic (exact) mass is 430 g/mol. The summed E-state index contributed by atoms with van der Waals surface area (Å²) >= 11 is 0. The summed E-state index contributed by atoms with van der Waals surface area (Å²) in [4.78, 5) is 12.7. The molecule has 2 aromatic rings. The van der Waals surface area contributed by atoms with Crippen LogP contribution >= 0.6 is 0 Å². The Bertz CT molecular complexity index is 1000. The second kappa shape index (κ2) is 9.62. The predicted octanol–water partition coefficient (Wildman–Crippen LogP) is 3.60. The Morgan fingerprint density at radius 2 is 1.90 bits per heavy atom. The topological polar surface area (TPSA) is 75.7 Å². The van der Waals surface area contributed by atoms with E-state index in [2.05, 4.69) is 17.4 Å². The Balaban J connectivity index is 1.63. The number of nitrogens with zero attached hydrogens (tertiary/aromatic N) is 1. The maximum Gasteiger partial charge on any atom is 0.258 e. The molecule has 1 N–H and O–H groups in total. The van der Waals surface area contributed by atoms with Gasteiger partial charge in [0.05, 0.1) is 10.9 Å². The third kappa shape index (κ3) is 4.84. The highest BCUT2D eigenvalue weighted by molar-refractivity contribution is 7.89. The molecule has 0 aromatic heterocycles. The number of sulfonamides is 1. The van der Waals surface area contributed by atoms with Crippen LogP contribution in [0.4, 0.5) is 0 Å². The number of nitrogens with one attached hydrogen (secondary N) is 1. The van der Waals surface area contributed by atoms with Gasteiger partial charge in [0.1, 0.15) is 5.75 Å². The van der Waals surface area contributed by atoms with E-state index in [0.717, 1.165) is 19.3 Å². The lowest BCUT2D eigenvalue weighted by Gasteiger charge is -2.26. The van der Waals surface area contributed by atoms with Crippen molar-refractivity contribution >= 4 is 15.9 Å². The average Bonchev–Trinajstić information content (AvgIpc) is 2.73. The smallest absolute Gasteiger partial charge is 0.258 e. The van der Waals surface area contributed by atoms with Crippen molar-refractivity contribution < 1.29 is 17.9 Å². The van der Waals surface area contributed by atoms with E-state index in [4.69, 9.17) is 4.74 Å². The van der Waals surface area contributed by atoms with E-state index in [0.29, 0.717) is 24.4 Å². The molecule has 1 atom stereocenters. The predicted molar refractivity (Wildman–Crippen MR) is 117 cm³/mol. The molecule has 0 saturated carbocycles. The molecule has 1 aliphatic carbocycles. The molecule has 3 rings (SSSR count). The standard InChI is InChI=1S/C23H30N2O4S/c1-4-25(5-2)30(27,28)19-13-14-22(17(3)15-19)29-16-23(26)24-21-12-8-10-18-9-6-7-11-20(18)21/h6-7,9,11,13-15,21H,4-5,8,10,12,16H2,1-3H3,(H,24,26). The zero-order valence-corrected chi connectivity index (χ0v) is 18.7. The van der Waals surface area contributed by atoms with Gasteiger partial charge in [-0.2, -0.15) is 4.31 Å². The van der Waals surface area contributed by atoms with Crippen LogP contribution < -0.4 is 10.1 Å². The number of fused-ring (bicyclic) bond motifs is 1. The van der Waals surface area contributed by atoms with Gasteiger partial charge in [-0.1, -0.05) is 38.1 Å². The van der Waals surface area contributed by atoms with Crippen LogP contribution in [0.2, 0.25) is 0 Å². The summed E-state index contributed by atoms with van der Waals surface area (Å²) in [5, 5.41) is 3.06. The van der Waals surface area contributed by atoms with Crippen LogP contribution in [0.5, 0.6) is 5.75 Å². The van der Waals surface area contributed by atoms with Crippen molar-refractivity contribution in [3.05, 3.63) is 59.2 Å². The minimum atomic E-state index is -3.52. The quantitative estimate of drug-likeness (QED) is 0.694. The Kier molecular flexibility index (Phi) is 7.15. The molecular weight excluding hydrogens is 400 g/mol. The lowest BCUT2D eigenvalue weighted by atomic mass is 9.88. The molecule has 1 unspecified atom stereocenters. The van der Waals surface area contributed by atoms with Gasteiger partial charge in [-0.15, -0.1) is 0 Å². The van der Waals surface area contributed by atoms with Gasteiger partial charge in [0.25, 0.3) is 5.91 Å². The van der Waals surface area contributed by atoms with Crippen LogP contribution in [0.25, 0.3) is 0 Å². The molecule has 2 aromatic carbocycles. The van der Waals surface area contributed by atoms with Crippen LogP contribution in [0, 0.1) is 6.92 Å². The molecule has 0 spiro atoms. The molecule has 30 heavy (non-hydrogen) atoms. The largest absolute Gasteiger partial charge is 0.484 e. The molecule has 1 amide bonds. The highest BCUT2D eigenvalue weighted by Gasteiger charge is 2.23. The van der Waals surface area contributed by atoms with Crippen LogP contribution in [-0.4, -0.2) is 38.3 Å². The SMILES string of the molecule is CCN(CC)S(=O)(=O)c1ccc(OCC(=O)NC2CCCc3ccccc32)c(C)c1. The normalized spacial score (nSPS) is 16.2. The summed E-state index contributed by atoms with van der Waals surface area (Å²) < 4.78 is 32.4. The highest BCUT2D eigenvalue weighted by atomic mass is 32.2. The fourth-order valence-electron chi connectivity index (χ4n) is 3.94. The summed E-state index contributed by atoms with van der Waals surface area (Å²) in [6.45, 7) is 6.14. The van der Waals surface area contributed by atoms with E-state index < -0.39 is 10.0 Å². The summed E-state index contributed by atoms with van der Waals surface area (Å²) in [5.41, 5.74) is 3.15. The molecule has 0 fully saturated rings. The van der Waals surface area contributed by atoms with Crippen LogP contribution in [-0.2, 0) is 21.2 Å². The molecular formula is C23H30N2O4S. The maximum atomic E-state index is 12.7. The minimum absolute atomic E-state index is 0.00809. The molecule has 0 bridgehead atoms. The third-order valence-corrected chi connectivity index (χ3v) is 7.60. The van der Waals surface area contributed by atoms with E-state index in [1.54, 1.807) is 19.1 Å². The van der Waals surface area contributed by atoms with E-state index in [9.17, 15) is 13.2 Å². The molecule has 6 nitrogen and oxygen atoms in total. The van der Waals surface area contributed by atoms with Gasteiger partial charge in [-0.3, -0.25) is 4.79 Å². The van der Waals surface area contributed by atoms with Crippen molar-refractivity contribution in [3.8, 4) is 5.75 Å². The van der Waals surface area contributed by atoms with Crippen molar-refractivity contribution in [1.82, 2.24) is 9.62 Å². The summed E-state index contributed by atoms with van der Waals surface area (Å²) in [6.07, 6.45) is 3.01. The lowest BCUT2D eigenvalue weighted by Crippen LogP contribution is -2.34. The Labute approximate surface area is 179 Å². The van der Waals surface area contributed by atoms with E-state index in [1.165, 1.54) is 21.5 Å². The van der Waals surface area contributed by atoms with Crippen LogP contribution in [0.15, 0.2) is 47.4 Å². The van der Waals surface area contributed by atoms with Gasteiger partial charge in [-0.05, 0) is 61.1 Å². The minimum Gasteiger partial charge on any atom is -0.484 e. The van der Waals surface area contributed by atoms with E-state index in [1.807, 2.05) is 26.0 Å². The second-order valence-electron chi connectivity index (χ2n) is 7.52. The number of amides is 1. The van der Waals surface area contributed by atoms with Crippen molar-refractivity contribution in [2.75, 3.05) is 19.7 Å². The van der Waals surface area contributed by atoms with Gasteiger partial charge in [0.15, 0.2) is 6.61 Å². The molecule has 162 valence electrons. The number of rotatable bonds is 8. The zero-order chi connectivity index (χ0) is 21.7. The van der Waals surface area contributed by atoms with Crippen LogP contribution in [0.1, 0.15) is 49.4 Å². The van der Waals surface area contributed by atoms with Gasteiger partial charge >= 0.3 is 0 Å². The zero-order valence-electron chi connectivity index (χ0n) is 17.8. The number of benzene rings is 2. The van der Waals surface area contributed by atoms with Gasteiger partial charge in [0, 0.05) is 13.1 Å². The molecule has 0 radical (unpaired) electrons. The fourth-order valence-corrected chi connectivity index (χ4v) is 5.48. The molecule has 7 heteroatoms. The first kappa shape index (κ1) is 22.3. The van der Waals surface area contributed by atoms with Crippen molar-refractivity contribution in [3.63, 3.8) is 0 Å². The first-order valence-corrected chi connectivity index (χ1v) is 11.9. The number of carbonyl (C=O) groups excluding carboxylic acids is 1. The average molecular weight is 431 g/mol. The highest BCUT2D eigenvalue weighted by Crippen LogP contribution is 2.29. The van der Waals surface area contributed by atoms with Crippen LogP contribution in [0.3, 0.4) is 0 Å². The summed E-state index contributed by atoms with van der Waals surface area (Å²) in [5.74, 6) is 0.323. The molecule has 0 aliphatic heterocycles. The van der Waals surface area contributed by atoms with E-state index in [-0.39, 0.29) is 23.5 Å². The number of hydrogen-bond acceptors (Lipinski definition) is 4. The number of aryl methyl sites for hydroxylation is 2. The second-order valence-corrected chi connectivity index (χ2v) is 9.45. The van der Waals surface area contributed by atoms with Gasteiger partial charge < -0.3 is 10.1 Å². The number of hydrogen-bond donors (Lipinski definition) is 1. The summed E-state index contributed by atoms with van der Waals surface area (Å²) in [7, 11) is -3.52. The third-order valence-electron chi connectivity index (χ3n) is 5.55. The van der Waals surface area contributed by atoms with Gasteiger partial charge in [-0.25, -0.2) is 8.42 Å². The van der Waals surface area contributed by atoms with Crippen molar-refractivity contribution in [1.29, 1.82) is 0 Å². The maximum absolute atomic E-state index is 12.7. The Morgan fingerprint density at radius 3 is 2.60 bits per heavy atom. The summed E-state index contributed by atoms with van der Waals surface area (Å²) in [6, 6.07) is 13.0.